The van der Waals surface area contributed by atoms with Crippen LogP contribution >= 0.6 is 0 Å². The summed E-state index contributed by atoms with van der Waals surface area (Å²) in [5.41, 5.74) is 3.64. The Bertz CT molecular complexity index is 1820. The van der Waals surface area contributed by atoms with Gasteiger partial charge in [0.05, 0.1) is 6.04 Å². The van der Waals surface area contributed by atoms with Crippen LogP contribution in [0.3, 0.4) is 0 Å². The maximum Gasteiger partial charge on any atom is 2.00 e. The van der Waals surface area contributed by atoms with Gasteiger partial charge in [0.25, 0.3) is 16.7 Å². The van der Waals surface area contributed by atoms with Gasteiger partial charge >= 0.3 is 68.3 Å². The van der Waals surface area contributed by atoms with Crippen molar-refractivity contribution in [2.45, 2.75) is 303 Å². The summed E-state index contributed by atoms with van der Waals surface area (Å²) in [5, 5.41) is 9.74. The van der Waals surface area contributed by atoms with Gasteiger partial charge in [-0.1, -0.05) is 219 Å². The number of rotatable bonds is 12. The quantitative estimate of drug-likeness (QED) is 0.124. The van der Waals surface area contributed by atoms with E-state index in [9.17, 15) is 14.4 Å². The number of hydrogen-bond acceptors (Lipinski definition) is 3. The van der Waals surface area contributed by atoms with Crippen molar-refractivity contribution in [2.24, 2.45) is 23.7 Å². The normalized spacial score (nSPS) is 17.8. The molecule has 0 saturated heterocycles. The predicted molar refractivity (Wildman–Crippen MR) is 343 cm³/mol. The van der Waals surface area contributed by atoms with Crippen molar-refractivity contribution in [3.8, 4) is 0 Å². The molecule has 1 unspecified atom stereocenters. The molecule has 0 amide bonds. The maximum absolute atomic E-state index is 12.1. The molecule has 3 aromatic rings. The first-order valence-electron chi connectivity index (χ1n) is 30.2. The molecule has 8 saturated carbocycles. The van der Waals surface area contributed by atoms with Crippen LogP contribution in [0, 0.1) is 90.0 Å². The molecule has 11 rings (SSSR count). The fourth-order valence-corrected chi connectivity index (χ4v) is 12.6. The summed E-state index contributed by atoms with van der Waals surface area (Å²) in [4.78, 5) is 35.4. The van der Waals surface area contributed by atoms with E-state index in [0.29, 0.717) is 12.0 Å². The summed E-state index contributed by atoms with van der Waals surface area (Å²) in [6.07, 6.45) is 56.7. The molecule has 0 aliphatic heterocycles. The summed E-state index contributed by atoms with van der Waals surface area (Å²) in [7, 11) is 0. The van der Waals surface area contributed by atoms with Gasteiger partial charge in [0.15, 0.2) is 0 Å². The molecule has 482 valence electrons. The second-order valence-corrected chi connectivity index (χ2v) is 22.9. The predicted octanol–water partition coefficient (Wildman–Crippen LogP) is 19.8. The molecule has 3 N–H and O–H groups in total. The molecule has 0 radical (unpaired) electrons. The van der Waals surface area contributed by atoms with E-state index in [1.165, 1.54) is 244 Å². The third kappa shape index (κ3) is 39.5. The van der Waals surface area contributed by atoms with Gasteiger partial charge in [0.2, 0.25) is 0 Å². The van der Waals surface area contributed by atoms with Crippen LogP contribution in [0.15, 0.2) is 32.6 Å². The summed E-state index contributed by atoms with van der Waals surface area (Å²) in [6, 6.07) is 5.66. The molecule has 3 aromatic heterocycles. The summed E-state index contributed by atoms with van der Waals surface area (Å²) in [5.74, 6) is 2.96. The molecule has 3 heterocycles. The molecule has 8 aliphatic carbocycles. The van der Waals surface area contributed by atoms with Crippen molar-refractivity contribution in [3.05, 3.63) is 126 Å². The molecule has 8 aliphatic rings. The topological polar surface area (TPSA) is 113 Å². The van der Waals surface area contributed by atoms with Crippen molar-refractivity contribution in [2.75, 3.05) is 0 Å². The number of nitrogens with one attached hydrogen (secondary N) is 3. The number of unbranched alkanes of at least 4 members (excludes halogenated alkanes) is 1. The van der Waals surface area contributed by atoms with Crippen LogP contribution in [0.5, 0.6) is 0 Å². The number of nitrogens with zero attached hydrogens (tertiary/aromatic N) is 3. The Morgan fingerprint density at radius 3 is 1.05 bits per heavy atom. The summed E-state index contributed by atoms with van der Waals surface area (Å²) >= 11 is 0. The standard InChI is InChI=1S/C15H24N2O.C15H26N2O.C10H16N2O.4C5H10.8CH3.4Fe/c18-15-10-14(9-12-5-1-2-6-12)16-17(15)11-13-7-3-4-8-13;1-3-5-10-14(12-8-6-7-9-12)17-15(18)11-13(4-2)16-17;1-8-6-10(13)12(11-8)7-9-4-2-3-5-9;4*1-2-4-5-3-1;;;;;;;;;;;;/h10,12-13,16H,1-9,11H2;11-12,14,16H,3-10H2,1-2H3;6,9,11H,2-5,7H2,1H3;4*1-5H2;8*1H3;;;;/q;;;;;;;8*-1;4*+2. The van der Waals surface area contributed by atoms with E-state index in [2.05, 4.69) is 29.1 Å². The molecule has 13 heteroatoms. The van der Waals surface area contributed by atoms with E-state index in [4.69, 9.17) is 0 Å². The van der Waals surface area contributed by atoms with Crippen LogP contribution in [0.1, 0.15) is 287 Å². The molecular formula is C68H130Fe4N6O3. The average Bonchev–Trinajstić information content (AvgIpc) is 4.21. The first-order valence-corrected chi connectivity index (χ1v) is 30.2. The van der Waals surface area contributed by atoms with Gasteiger partial charge in [-0.25, -0.2) is 4.68 Å². The Hall–Kier alpha value is -0.892. The molecule has 9 nitrogen and oxygen atoms in total. The van der Waals surface area contributed by atoms with Crippen LogP contribution in [0.25, 0.3) is 0 Å². The van der Waals surface area contributed by atoms with Gasteiger partial charge in [-0.3, -0.25) is 39.0 Å². The Kier molecular flexibility index (Phi) is 70.8. The van der Waals surface area contributed by atoms with Gasteiger partial charge < -0.3 is 59.4 Å². The first kappa shape index (κ1) is 96.4. The van der Waals surface area contributed by atoms with Crippen LogP contribution in [0.4, 0.5) is 0 Å². The van der Waals surface area contributed by atoms with E-state index in [-0.39, 0.29) is 144 Å². The monoisotopic (exact) mass is 1300 g/mol. The molecule has 0 spiro atoms. The van der Waals surface area contributed by atoms with Crippen molar-refractivity contribution < 1.29 is 68.3 Å². The van der Waals surface area contributed by atoms with Gasteiger partial charge in [-0.05, 0) is 88.4 Å². The van der Waals surface area contributed by atoms with Gasteiger partial charge in [0.1, 0.15) is 0 Å². The second-order valence-electron chi connectivity index (χ2n) is 22.9. The zero-order valence-corrected chi connectivity index (χ0v) is 58.9. The number of aryl methyl sites for hydroxylation is 2. The van der Waals surface area contributed by atoms with E-state index in [1.54, 1.807) is 16.8 Å². The van der Waals surface area contributed by atoms with Crippen molar-refractivity contribution >= 4 is 0 Å². The molecule has 0 aromatic carbocycles. The van der Waals surface area contributed by atoms with Gasteiger partial charge in [-0.15, -0.1) is 0 Å². The molecule has 81 heavy (non-hydrogen) atoms. The molecule has 1 atom stereocenters. The minimum absolute atomic E-state index is 0. The average molecular weight is 1300 g/mol. The Balaban J connectivity index is -0.000000132. The zero-order valence-electron chi connectivity index (χ0n) is 54.5. The van der Waals surface area contributed by atoms with Crippen LogP contribution in [-0.2, 0) is 94.2 Å². The van der Waals surface area contributed by atoms with Gasteiger partial charge in [-0.2, -0.15) is 0 Å². The molecule has 8 fully saturated rings. The van der Waals surface area contributed by atoms with Crippen molar-refractivity contribution in [1.29, 1.82) is 0 Å². The van der Waals surface area contributed by atoms with Crippen molar-refractivity contribution in [3.63, 3.8) is 0 Å². The molecule has 0 bridgehead atoms. The number of aromatic nitrogens is 6. The van der Waals surface area contributed by atoms with Crippen LogP contribution in [0.2, 0.25) is 0 Å². The summed E-state index contributed by atoms with van der Waals surface area (Å²) < 4.78 is 5.51. The Morgan fingerprint density at radius 1 is 0.407 bits per heavy atom. The fraction of sp³-hybridized carbons (Fsp3) is 0.750. The zero-order chi connectivity index (χ0) is 48.7. The number of aromatic amines is 3. The van der Waals surface area contributed by atoms with Gasteiger partial charge in [0, 0.05) is 48.4 Å². The van der Waals surface area contributed by atoms with Crippen LogP contribution in [-0.4, -0.2) is 29.3 Å². The fourth-order valence-electron chi connectivity index (χ4n) is 12.6. The number of H-pyrrole nitrogens is 3. The minimum Gasteiger partial charge on any atom is -0.358 e. The first-order chi connectivity index (χ1) is 33.8. The van der Waals surface area contributed by atoms with E-state index < -0.39 is 0 Å². The molecular weight excluding hydrogens is 1170 g/mol. The minimum atomic E-state index is 0. The maximum atomic E-state index is 12.1. The van der Waals surface area contributed by atoms with Crippen molar-refractivity contribution in [1.82, 2.24) is 29.3 Å². The SMILES string of the molecule is C1CCCC1.C1CCCC1.C1CCCC1.C1CCCC1.CCCCC(C1CCCC1)n1[nH]c(CC)cc1=O.Cc1cc(=O)n(CC2CCCC2)[nH]1.O=c1cc(CC2CCCC2)[nH]n1CC1CCCC1.[CH3-].[CH3-].[CH3-].[CH3-].[CH3-].[CH3-].[CH3-].[CH3-].[Fe+2].[Fe+2].[Fe+2].[Fe+2]. The summed E-state index contributed by atoms with van der Waals surface area (Å²) in [6.45, 7) is 8.02. The Labute approximate surface area is 546 Å². The van der Waals surface area contributed by atoms with E-state index in [0.717, 1.165) is 67.2 Å². The van der Waals surface area contributed by atoms with Crippen LogP contribution < -0.4 is 16.7 Å². The third-order valence-electron chi connectivity index (χ3n) is 16.9. The van der Waals surface area contributed by atoms with E-state index >= 15 is 0 Å². The number of hydrogen-bond donors (Lipinski definition) is 3. The van der Waals surface area contributed by atoms with E-state index in [1.807, 2.05) is 22.4 Å². The largest absolute Gasteiger partial charge is 2.00 e. The second kappa shape index (κ2) is 59.4. The smallest absolute Gasteiger partial charge is 0.358 e. The third-order valence-corrected chi connectivity index (χ3v) is 16.9. The Morgan fingerprint density at radius 2 is 0.728 bits per heavy atom.